The van der Waals surface area contributed by atoms with Crippen molar-refractivity contribution in [2.75, 3.05) is 0 Å². The number of hydrogen-bond acceptors (Lipinski definition) is 3. The normalized spacial score (nSPS) is 10.6. The Morgan fingerprint density at radius 2 is 2.12 bits per heavy atom. The second-order valence-corrected chi connectivity index (χ2v) is 4.27. The first-order valence-corrected chi connectivity index (χ1v) is 5.40. The second kappa shape index (κ2) is 4.17. The molecule has 0 unspecified atom stereocenters. The molecule has 6 nitrogen and oxygen atoms in total. The number of carboxylic acid groups (broad SMARTS) is 2. The lowest BCUT2D eigenvalue weighted by Gasteiger charge is -1.98. The quantitative estimate of drug-likeness (QED) is 0.894. The van der Waals surface area contributed by atoms with Crippen molar-refractivity contribution in [3.8, 4) is 0 Å². The largest absolute Gasteiger partial charge is 0.481 e. The average molecular weight is 299 g/mol. The van der Waals surface area contributed by atoms with Crippen LogP contribution in [0.5, 0.6) is 0 Å². The zero-order valence-corrected chi connectivity index (χ0v) is 10.0. The highest BCUT2D eigenvalue weighted by atomic mass is 79.9. The highest BCUT2D eigenvalue weighted by Crippen LogP contribution is 2.19. The van der Waals surface area contributed by atoms with Gasteiger partial charge in [-0.2, -0.15) is 0 Å². The van der Waals surface area contributed by atoms with Gasteiger partial charge in [-0.3, -0.25) is 4.79 Å². The fourth-order valence-corrected chi connectivity index (χ4v) is 1.87. The molecule has 0 aliphatic heterocycles. The molecule has 0 amide bonds. The van der Waals surface area contributed by atoms with Crippen LogP contribution >= 0.6 is 15.9 Å². The number of carbonyl (C=O) groups is 2. The van der Waals surface area contributed by atoms with Crippen LogP contribution in [0.4, 0.5) is 0 Å². The summed E-state index contributed by atoms with van der Waals surface area (Å²) in [5.74, 6) is -2.05. The molecule has 0 aliphatic rings. The van der Waals surface area contributed by atoms with E-state index in [-0.39, 0.29) is 17.9 Å². The maximum atomic E-state index is 11.0. The standard InChI is InChI=1S/C10H7BrN2O4/c11-5-1-2-13-6(3-5)9(10(16)17)12-7(13)4-8(14)15/h1-3H,4H2,(H,14,15)(H,16,17). The van der Waals surface area contributed by atoms with E-state index in [1.165, 1.54) is 4.40 Å². The van der Waals surface area contributed by atoms with E-state index < -0.39 is 11.9 Å². The van der Waals surface area contributed by atoms with E-state index in [1.807, 2.05) is 0 Å². The summed E-state index contributed by atoms with van der Waals surface area (Å²) in [7, 11) is 0. The van der Waals surface area contributed by atoms with E-state index in [4.69, 9.17) is 10.2 Å². The molecule has 0 fully saturated rings. The molecule has 0 spiro atoms. The van der Waals surface area contributed by atoms with Crippen LogP contribution in [0.15, 0.2) is 22.8 Å². The van der Waals surface area contributed by atoms with E-state index in [1.54, 1.807) is 18.3 Å². The first-order valence-electron chi connectivity index (χ1n) is 4.60. The topological polar surface area (TPSA) is 91.9 Å². The zero-order chi connectivity index (χ0) is 12.6. The molecule has 0 aromatic carbocycles. The van der Waals surface area contributed by atoms with E-state index in [0.29, 0.717) is 9.99 Å². The molecule has 2 aromatic rings. The van der Waals surface area contributed by atoms with Gasteiger partial charge in [0.05, 0.1) is 5.52 Å². The molecule has 2 N–H and O–H groups in total. The third kappa shape index (κ3) is 2.14. The molecular formula is C10H7BrN2O4. The summed E-state index contributed by atoms with van der Waals surface area (Å²) in [6, 6.07) is 3.27. The average Bonchev–Trinajstić information content (AvgIpc) is 2.55. The maximum Gasteiger partial charge on any atom is 0.356 e. The highest BCUT2D eigenvalue weighted by molar-refractivity contribution is 9.10. The fourth-order valence-electron chi connectivity index (χ4n) is 1.54. The first-order chi connectivity index (χ1) is 7.99. The van der Waals surface area contributed by atoms with E-state index >= 15 is 0 Å². The lowest BCUT2D eigenvalue weighted by Crippen LogP contribution is -2.04. The number of pyridine rings is 1. The smallest absolute Gasteiger partial charge is 0.356 e. The Morgan fingerprint density at radius 1 is 1.41 bits per heavy atom. The maximum absolute atomic E-state index is 11.0. The SMILES string of the molecule is O=C(O)Cc1nc(C(=O)O)c2cc(Br)ccn12. The predicted octanol–water partition coefficient (Wildman–Crippen LogP) is 1.42. The molecule has 2 rings (SSSR count). The molecule has 0 radical (unpaired) electrons. The summed E-state index contributed by atoms with van der Waals surface area (Å²) < 4.78 is 2.16. The van der Waals surface area contributed by atoms with Crippen molar-refractivity contribution in [2.45, 2.75) is 6.42 Å². The van der Waals surface area contributed by atoms with Gasteiger partial charge in [-0.05, 0) is 12.1 Å². The van der Waals surface area contributed by atoms with Gasteiger partial charge in [-0.25, -0.2) is 9.78 Å². The molecule has 88 valence electrons. The van der Waals surface area contributed by atoms with Crippen LogP contribution in [0.1, 0.15) is 16.3 Å². The number of imidazole rings is 1. The Bertz CT molecular complexity index is 620. The Balaban J connectivity index is 2.70. The molecule has 0 saturated carbocycles. The van der Waals surface area contributed by atoms with E-state index in [9.17, 15) is 9.59 Å². The van der Waals surface area contributed by atoms with Crippen molar-refractivity contribution in [3.63, 3.8) is 0 Å². The number of nitrogens with zero attached hydrogens (tertiary/aromatic N) is 2. The molecule has 0 aliphatic carbocycles. The summed E-state index contributed by atoms with van der Waals surface area (Å²) >= 11 is 3.23. The van der Waals surface area contributed by atoms with Crippen LogP contribution in [0.2, 0.25) is 0 Å². The van der Waals surface area contributed by atoms with Crippen LogP contribution in [0, 0.1) is 0 Å². The number of aromatic carboxylic acids is 1. The predicted molar refractivity (Wildman–Crippen MR) is 61.2 cm³/mol. The number of carboxylic acids is 2. The number of aromatic nitrogens is 2. The second-order valence-electron chi connectivity index (χ2n) is 3.35. The molecule has 17 heavy (non-hydrogen) atoms. The Kier molecular flexibility index (Phi) is 2.84. The zero-order valence-electron chi connectivity index (χ0n) is 8.42. The summed E-state index contributed by atoms with van der Waals surface area (Å²) in [6.45, 7) is 0. The van der Waals surface area contributed by atoms with Crippen LogP contribution in [0.25, 0.3) is 5.52 Å². The number of aliphatic carboxylic acids is 1. The van der Waals surface area contributed by atoms with Crippen molar-refractivity contribution in [2.24, 2.45) is 0 Å². The Hall–Kier alpha value is -1.89. The minimum absolute atomic E-state index is 0.150. The van der Waals surface area contributed by atoms with Gasteiger partial charge in [0, 0.05) is 10.7 Å². The molecule has 0 atom stereocenters. The van der Waals surface area contributed by atoms with Crippen molar-refractivity contribution < 1.29 is 19.8 Å². The van der Waals surface area contributed by atoms with Gasteiger partial charge in [0.2, 0.25) is 0 Å². The van der Waals surface area contributed by atoms with Crippen LogP contribution in [0.3, 0.4) is 0 Å². The fraction of sp³-hybridized carbons (Fsp3) is 0.100. The van der Waals surface area contributed by atoms with Crippen LogP contribution in [-0.2, 0) is 11.2 Å². The summed E-state index contributed by atoms with van der Waals surface area (Å²) in [4.78, 5) is 25.5. The van der Waals surface area contributed by atoms with E-state index in [2.05, 4.69) is 20.9 Å². The van der Waals surface area contributed by atoms with Gasteiger partial charge >= 0.3 is 11.9 Å². The van der Waals surface area contributed by atoms with Gasteiger partial charge < -0.3 is 14.6 Å². The van der Waals surface area contributed by atoms with Gasteiger partial charge in [0.1, 0.15) is 12.2 Å². The Morgan fingerprint density at radius 3 is 2.71 bits per heavy atom. The molecule has 7 heteroatoms. The summed E-state index contributed by atoms with van der Waals surface area (Å²) in [5, 5.41) is 17.7. The highest BCUT2D eigenvalue weighted by Gasteiger charge is 2.18. The third-order valence-corrected chi connectivity index (χ3v) is 2.68. The number of hydrogen-bond donors (Lipinski definition) is 2. The van der Waals surface area contributed by atoms with Crippen molar-refractivity contribution in [1.29, 1.82) is 0 Å². The van der Waals surface area contributed by atoms with Crippen LogP contribution in [-0.4, -0.2) is 31.5 Å². The lowest BCUT2D eigenvalue weighted by molar-refractivity contribution is -0.136. The number of fused-ring (bicyclic) bond motifs is 1. The van der Waals surface area contributed by atoms with Crippen molar-refractivity contribution in [1.82, 2.24) is 9.38 Å². The molecule has 2 aromatic heterocycles. The Labute approximate surface area is 104 Å². The number of halogens is 1. The molecular weight excluding hydrogens is 292 g/mol. The monoisotopic (exact) mass is 298 g/mol. The van der Waals surface area contributed by atoms with Crippen LogP contribution < -0.4 is 0 Å². The third-order valence-electron chi connectivity index (χ3n) is 2.19. The first kappa shape index (κ1) is 11.6. The molecule has 0 saturated heterocycles. The van der Waals surface area contributed by atoms with Gasteiger partial charge in [-0.15, -0.1) is 0 Å². The minimum atomic E-state index is -1.18. The summed E-state index contributed by atoms with van der Waals surface area (Å²) in [6.07, 6.45) is 1.26. The number of rotatable bonds is 3. The van der Waals surface area contributed by atoms with Gasteiger partial charge in [0.15, 0.2) is 5.69 Å². The molecule has 0 bridgehead atoms. The summed E-state index contributed by atoms with van der Waals surface area (Å²) in [5.41, 5.74) is 0.214. The molecule has 2 heterocycles. The lowest BCUT2D eigenvalue weighted by atomic mass is 10.3. The van der Waals surface area contributed by atoms with Crippen molar-refractivity contribution in [3.05, 3.63) is 34.3 Å². The van der Waals surface area contributed by atoms with Gasteiger partial charge in [-0.1, -0.05) is 15.9 Å². The van der Waals surface area contributed by atoms with Crippen molar-refractivity contribution >= 4 is 33.4 Å². The minimum Gasteiger partial charge on any atom is -0.481 e. The van der Waals surface area contributed by atoms with E-state index in [0.717, 1.165) is 0 Å². The van der Waals surface area contributed by atoms with Gasteiger partial charge in [0.25, 0.3) is 0 Å².